The summed E-state index contributed by atoms with van der Waals surface area (Å²) >= 11 is 0. The Balaban J connectivity index is 0.000000556. The average Bonchev–Trinajstić information content (AvgIpc) is 2.70. The minimum atomic E-state index is -0.487. The van der Waals surface area contributed by atoms with E-state index in [0.717, 1.165) is 11.3 Å². The quantitative estimate of drug-likeness (QED) is 0.408. The van der Waals surface area contributed by atoms with Crippen LogP contribution in [0.4, 0.5) is 5.69 Å². The van der Waals surface area contributed by atoms with E-state index in [1.54, 1.807) is 26.2 Å². The topological polar surface area (TPSA) is 68.1 Å². The summed E-state index contributed by atoms with van der Waals surface area (Å²) < 4.78 is 9.93. The zero-order valence-corrected chi connectivity index (χ0v) is 17.7. The van der Waals surface area contributed by atoms with Crippen molar-refractivity contribution >= 4 is 18.4 Å². The van der Waals surface area contributed by atoms with E-state index in [0.29, 0.717) is 16.8 Å². The second-order valence-corrected chi connectivity index (χ2v) is 5.82. The van der Waals surface area contributed by atoms with Gasteiger partial charge in [-0.2, -0.15) is 0 Å². The second-order valence-electron chi connectivity index (χ2n) is 5.82. The van der Waals surface area contributed by atoms with Gasteiger partial charge in [0.2, 0.25) is 0 Å². The fourth-order valence-corrected chi connectivity index (χ4v) is 2.00. The van der Waals surface area contributed by atoms with E-state index >= 15 is 0 Å². The summed E-state index contributed by atoms with van der Waals surface area (Å²) in [5, 5.41) is 9.82. The van der Waals surface area contributed by atoms with E-state index < -0.39 is 5.97 Å². The molecule has 2 aromatic rings. The maximum atomic E-state index is 11.2. The molecule has 5 heteroatoms. The highest BCUT2D eigenvalue weighted by atomic mass is 16.5. The number of aliphatic imine (C=N–C) groups is 1. The number of phenols is 1. The molecule has 152 valence electrons. The van der Waals surface area contributed by atoms with Gasteiger partial charge >= 0.3 is 5.97 Å². The van der Waals surface area contributed by atoms with Crippen molar-refractivity contribution in [3.05, 3.63) is 65.2 Å². The van der Waals surface area contributed by atoms with Crippen LogP contribution in [0.25, 0.3) is 0 Å². The molecule has 0 aliphatic carbocycles. The van der Waals surface area contributed by atoms with Crippen LogP contribution < -0.4 is 4.74 Å². The summed E-state index contributed by atoms with van der Waals surface area (Å²) in [5.74, 6) is 0.416. The Morgan fingerprint density at radius 2 is 1.68 bits per heavy atom. The molecule has 0 saturated heterocycles. The van der Waals surface area contributed by atoms with Gasteiger partial charge in [0.25, 0.3) is 0 Å². The molecular formula is C23H31NO4. The van der Waals surface area contributed by atoms with E-state index in [9.17, 15) is 9.90 Å². The number of ether oxygens (including phenoxy) is 2. The van der Waals surface area contributed by atoms with Gasteiger partial charge in [0.1, 0.15) is 23.8 Å². The smallest absolute Gasteiger partial charge is 0.333 e. The van der Waals surface area contributed by atoms with Crippen LogP contribution in [0.1, 0.15) is 37.5 Å². The number of aryl methyl sites for hydroxylation is 2. The van der Waals surface area contributed by atoms with Crippen LogP contribution in [0.5, 0.6) is 11.5 Å². The third-order valence-electron chi connectivity index (χ3n) is 3.45. The van der Waals surface area contributed by atoms with Crippen molar-refractivity contribution in [2.24, 2.45) is 4.99 Å². The highest BCUT2D eigenvalue weighted by Gasteiger charge is 2.10. The number of methoxy groups -OCH3 is 1. The molecule has 0 spiro atoms. The number of benzene rings is 2. The molecule has 0 fully saturated rings. The zero-order valence-electron chi connectivity index (χ0n) is 17.7. The zero-order chi connectivity index (χ0) is 21.7. The standard InChI is InChI=1S/C13H15NO3.C8H10O.C2H6/c1-8(2)13(16)17-7-10-5-9(3)6-11(14-4)12(10)15;1-7-3-5-8(9-2)6-4-7;1-2/h5-6,15H,1,4,7H2,2-3H3;3-6H,1-2H3;1-2H3. The molecular weight excluding hydrogens is 354 g/mol. The molecule has 0 amide bonds. The Morgan fingerprint density at radius 1 is 1.11 bits per heavy atom. The first-order valence-corrected chi connectivity index (χ1v) is 9.01. The van der Waals surface area contributed by atoms with Gasteiger partial charge < -0.3 is 14.6 Å². The van der Waals surface area contributed by atoms with Crippen molar-refractivity contribution in [2.75, 3.05) is 7.11 Å². The van der Waals surface area contributed by atoms with Crippen molar-refractivity contribution < 1.29 is 19.4 Å². The Labute approximate surface area is 168 Å². The third-order valence-corrected chi connectivity index (χ3v) is 3.45. The van der Waals surface area contributed by atoms with E-state index in [1.807, 2.05) is 45.0 Å². The van der Waals surface area contributed by atoms with Gasteiger partial charge in [-0.1, -0.05) is 38.1 Å². The lowest BCUT2D eigenvalue weighted by Crippen LogP contribution is -2.05. The number of carbonyl (C=O) groups excluding carboxylic acids is 1. The van der Waals surface area contributed by atoms with Gasteiger partial charge in [-0.15, -0.1) is 0 Å². The lowest BCUT2D eigenvalue weighted by atomic mass is 10.1. The Kier molecular flexibility index (Phi) is 11.7. The van der Waals surface area contributed by atoms with Gasteiger partial charge in [-0.05, 0) is 57.3 Å². The number of phenolic OH excluding ortho intramolecular Hbond substituents is 1. The van der Waals surface area contributed by atoms with Crippen molar-refractivity contribution in [3.8, 4) is 11.5 Å². The van der Waals surface area contributed by atoms with Crippen LogP contribution >= 0.6 is 0 Å². The normalized spacial score (nSPS) is 9.07. The van der Waals surface area contributed by atoms with Crippen LogP contribution in [0.3, 0.4) is 0 Å². The Morgan fingerprint density at radius 3 is 2.14 bits per heavy atom. The predicted octanol–water partition coefficient (Wildman–Crippen LogP) is 5.68. The largest absolute Gasteiger partial charge is 0.505 e. The first kappa shape index (κ1) is 24.9. The number of hydrogen-bond donors (Lipinski definition) is 1. The monoisotopic (exact) mass is 385 g/mol. The molecule has 0 saturated carbocycles. The molecule has 28 heavy (non-hydrogen) atoms. The number of hydrogen-bond acceptors (Lipinski definition) is 5. The van der Waals surface area contributed by atoms with Crippen molar-refractivity contribution in [1.82, 2.24) is 0 Å². The molecule has 0 radical (unpaired) electrons. The number of carbonyl (C=O) groups is 1. The van der Waals surface area contributed by atoms with Gasteiger partial charge in [-0.25, -0.2) is 4.79 Å². The molecule has 1 N–H and O–H groups in total. The minimum absolute atomic E-state index is 0.0122. The van der Waals surface area contributed by atoms with Crippen molar-refractivity contribution in [3.63, 3.8) is 0 Å². The van der Waals surface area contributed by atoms with E-state index in [-0.39, 0.29) is 12.4 Å². The first-order chi connectivity index (χ1) is 13.3. The van der Waals surface area contributed by atoms with Gasteiger partial charge in [0.05, 0.1) is 7.11 Å². The maximum absolute atomic E-state index is 11.2. The lowest BCUT2D eigenvalue weighted by Gasteiger charge is -2.09. The molecule has 0 aliphatic heterocycles. The number of esters is 1. The van der Waals surface area contributed by atoms with Gasteiger partial charge in [-0.3, -0.25) is 4.99 Å². The molecule has 2 aromatic carbocycles. The Bertz CT molecular complexity index is 780. The molecule has 5 nitrogen and oxygen atoms in total. The molecule has 0 aromatic heterocycles. The molecule has 0 atom stereocenters. The van der Waals surface area contributed by atoms with E-state index in [2.05, 4.69) is 25.2 Å². The highest BCUT2D eigenvalue weighted by molar-refractivity contribution is 5.86. The SMILES string of the molecule is C=Nc1cc(C)cc(COC(=O)C(=C)C)c1O.CC.COc1ccc(C)cc1. The van der Waals surface area contributed by atoms with Crippen LogP contribution in [0.2, 0.25) is 0 Å². The van der Waals surface area contributed by atoms with Gasteiger partial charge in [0.15, 0.2) is 0 Å². The number of rotatable bonds is 5. The van der Waals surface area contributed by atoms with E-state index in [1.165, 1.54) is 5.56 Å². The van der Waals surface area contributed by atoms with Crippen molar-refractivity contribution in [2.45, 2.75) is 41.2 Å². The predicted molar refractivity (Wildman–Crippen MR) is 116 cm³/mol. The maximum Gasteiger partial charge on any atom is 0.333 e. The number of aromatic hydroxyl groups is 1. The van der Waals surface area contributed by atoms with E-state index in [4.69, 9.17) is 9.47 Å². The third kappa shape index (κ3) is 8.54. The summed E-state index contributed by atoms with van der Waals surface area (Å²) in [6.45, 7) is 16.3. The average molecular weight is 386 g/mol. The Hall–Kier alpha value is -3.08. The van der Waals surface area contributed by atoms with Crippen LogP contribution in [0, 0.1) is 13.8 Å². The second kappa shape index (κ2) is 13.1. The summed E-state index contributed by atoms with van der Waals surface area (Å²) in [5.41, 5.74) is 3.37. The molecule has 0 aliphatic rings. The molecule has 0 bridgehead atoms. The van der Waals surface area contributed by atoms with Crippen LogP contribution in [0.15, 0.2) is 53.5 Å². The summed E-state index contributed by atoms with van der Waals surface area (Å²) in [7, 11) is 1.67. The van der Waals surface area contributed by atoms with Crippen LogP contribution in [-0.4, -0.2) is 24.9 Å². The fourth-order valence-electron chi connectivity index (χ4n) is 2.00. The number of nitrogens with zero attached hydrogens (tertiary/aromatic N) is 1. The lowest BCUT2D eigenvalue weighted by molar-refractivity contribution is -0.140. The molecule has 0 heterocycles. The fraction of sp³-hybridized carbons (Fsp3) is 0.304. The van der Waals surface area contributed by atoms with Crippen molar-refractivity contribution in [1.29, 1.82) is 0 Å². The van der Waals surface area contributed by atoms with Gasteiger partial charge in [0, 0.05) is 11.1 Å². The molecule has 2 rings (SSSR count). The first-order valence-electron chi connectivity index (χ1n) is 9.01. The summed E-state index contributed by atoms with van der Waals surface area (Å²) in [6, 6.07) is 11.4. The summed E-state index contributed by atoms with van der Waals surface area (Å²) in [4.78, 5) is 14.9. The minimum Gasteiger partial charge on any atom is -0.505 e. The highest BCUT2D eigenvalue weighted by Crippen LogP contribution is 2.31. The van der Waals surface area contributed by atoms with Crippen LogP contribution in [-0.2, 0) is 16.1 Å². The summed E-state index contributed by atoms with van der Waals surface area (Å²) in [6.07, 6.45) is 0. The molecule has 0 unspecified atom stereocenters.